The molecule has 0 amide bonds. The zero-order valence-electron chi connectivity index (χ0n) is 11.8. The maximum atomic E-state index is 5.50. The Hall–Kier alpha value is -0.860. The van der Waals surface area contributed by atoms with Crippen LogP contribution in [0.5, 0.6) is 0 Å². The topological polar surface area (TPSA) is 21.3 Å². The van der Waals surface area contributed by atoms with Gasteiger partial charge in [-0.15, -0.1) is 0 Å². The molecule has 0 aliphatic carbocycles. The first-order valence-electron chi connectivity index (χ1n) is 7.11. The van der Waals surface area contributed by atoms with E-state index in [0.29, 0.717) is 17.9 Å². The van der Waals surface area contributed by atoms with Crippen molar-refractivity contribution in [2.24, 2.45) is 5.92 Å². The van der Waals surface area contributed by atoms with E-state index in [1.54, 1.807) is 0 Å². The average molecular weight is 247 g/mol. The Bertz CT molecular complexity index is 354. The van der Waals surface area contributed by atoms with E-state index >= 15 is 0 Å². The molecule has 0 spiro atoms. The summed E-state index contributed by atoms with van der Waals surface area (Å²) in [5, 5.41) is 3.44. The van der Waals surface area contributed by atoms with Gasteiger partial charge in [-0.1, -0.05) is 38.1 Å². The third-order valence-corrected chi connectivity index (χ3v) is 4.22. The molecule has 0 radical (unpaired) electrons. The maximum absolute atomic E-state index is 5.50. The number of hydrogen-bond donors (Lipinski definition) is 1. The highest BCUT2D eigenvalue weighted by atomic mass is 16.5. The normalized spacial score (nSPS) is 22.9. The van der Waals surface area contributed by atoms with Crippen molar-refractivity contribution < 1.29 is 4.74 Å². The molecule has 0 saturated carbocycles. The van der Waals surface area contributed by atoms with Gasteiger partial charge in [-0.25, -0.2) is 0 Å². The van der Waals surface area contributed by atoms with Gasteiger partial charge in [0.1, 0.15) is 0 Å². The van der Waals surface area contributed by atoms with E-state index < -0.39 is 0 Å². The number of benzene rings is 1. The highest BCUT2D eigenvalue weighted by Crippen LogP contribution is 2.29. The fourth-order valence-electron chi connectivity index (χ4n) is 2.76. The van der Waals surface area contributed by atoms with Crippen molar-refractivity contribution in [2.75, 3.05) is 20.3 Å². The molecular weight excluding hydrogens is 222 g/mol. The maximum Gasteiger partial charge on any atom is 0.0513 e. The van der Waals surface area contributed by atoms with Gasteiger partial charge in [-0.2, -0.15) is 0 Å². The predicted molar refractivity (Wildman–Crippen MR) is 75.9 cm³/mol. The smallest absolute Gasteiger partial charge is 0.0513 e. The third kappa shape index (κ3) is 2.93. The minimum atomic E-state index is 0.429. The van der Waals surface area contributed by atoms with Crippen molar-refractivity contribution in [3.05, 3.63) is 35.4 Å². The van der Waals surface area contributed by atoms with Gasteiger partial charge in [0.05, 0.1) is 6.61 Å². The summed E-state index contributed by atoms with van der Waals surface area (Å²) in [6, 6.07) is 9.55. The fourth-order valence-corrected chi connectivity index (χ4v) is 2.76. The summed E-state index contributed by atoms with van der Waals surface area (Å²) in [4.78, 5) is 0. The Labute approximate surface area is 111 Å². The van der Waals surface area contributed by atoms with Crippen LogP contribution in [0.15, 0.2) is 24.3 Å². The van der Waals surface area contributed by atoms with Gasteiger partial charge in [0, 0.05) is 18.6 Å². The van der Waals surface area contributed by atoms with E-state index in [-0.39, 0.29) is 0 Å². The second-order valence-electron chi connectivity index (χ2n) is 5.37. The van der Waals surface area contributed by atoms with Crippen molar-refractivity contribution >= 4 is 0 Å². The van der Waals surface area contributed by atoms with Crippen LogP contribution in [-0.4, -0.2) is 20.3 Å². The van der Waals surface area contributed by atoms with E-state index in [9.17, 15) is 0 Å². The Morgan fingerprint density at radius 3 is 2.44 bits per heavy atom. The van der Waals surface area contributed by atoms with Gasteiger partial charge >= 0.3 is 0 Å². The van der Waals surface area contributed by atoms with Crippen LogP contribution in [0.2, 0.25) is 0 Å². The molecule has 3 unspecified atom stereocenters. The molecule has 0 bridgehead atoms. The van der Waals surface area contributed by atoms with E-state index in [2.05, 4.69) is 43.4 Å². The van der Waals surface area contributed by atoms with Crippen LogP contribution in [0.1, 0.15) is 49.8 Å². The second-order valence-corrected chi connectivity index (χ2v) is 5.37. The van der Waals surface area contributed by atoms with E-state index in [1.807, 2.05) is 7.05 Å². The quantitative estimate of drug-likeness (QED) is 0.860. The van der Waals surface area contributed by atoms with Crippen molar-refractivity contribution in [1.29, 1.82) is 0 Å². The predicted octanol–water partition coefficient (Wildman–Crippen LogP) is 3.50. The summed E-state index contributed by atoms with van der Waals surface area (Å²) in [5.41, 5.74) is 2.83. The van der Waals surface area contributed by atoms with Gasteiger partial charge in [0.25, 0.3) is 0 Å². The lowest BCUT2D eigenvalue weighted by Gasteiger charge is -2.23. The Kier molecular flexibility index (Phi) is 4.79. The largest absolute Gasteiger partial charge is 0.381 e. The highest BCUT2D eigenvalue weighted by molar-refractivity contribution is 5.27. The summed E-state index contributed by atoms with van der Waals surface area (Å²) >= 11 is 0. The summed E-state index contributed by atoms with van der Waals surface area (Å²) in [7, 11) is 2.05. The van der Waals surface area contributed by atoms with Crippen molar-refractivity contribution in [3.63, 3.8) is 0 Å². The first-order valence-corrected chi connectivity index (χ1v) is 7.11. The van der Waals surface area contributed by atoms with Crippen LogP contribution >= 0.6 is 0 Å². The Balaban J connectivity index is 2.11. The summed E-state index contributed by atoms with van der Waals surface area (Å²) in [6.45, 7) is 6.33. The monoisotopic (exact) mass is 247 g/mol. The molecule has 2 heteroatoms. The molecule has 18 heavy (non-hydrogen) atoms. The summed E-state index contributed by atoms with van der Waals surface area (Å²) in [6.07, 6.45) is 2.36. The number of nitrogens with one attached hydrogen (secondary N) is 1. The molecule has 1 aromatic carbocycles. The van der Waals surface area contributed by atoms with Crippen LogP contribution in [0.3, 0.4) is 0 Å². The molecule has 3 atom stereocenters. The SMILES string of the molecule is CCC(C)c1ccc(C(NC)C2CCOC2)cc1. The molecule has 1 aliphatic rings. The summed E-state index contributed by atoms with van der Waals surface area (Å²) in [5.74, 6) is 1.27. The summed E-state index contributed by atoms with van der Waals surface area (Å²) < 4.78 is 5.50. The zero-order valence-corrected chi connectivity index (χ0v) is 11.8. The minimum absolute atomic E-state index is 0.429. The lowest BCUT2D eigenvalue weighted by Crippen LogP contribution is -2.25. The molecule has 1 aromatic rings. The van der Waals surface area contributed by atoms with Crippen LogP contribution < -0.4 is 5.32 Å². The second kappa shape index (κ2) is 6.35. The van der Waals surface area contributed by atoms with Gasteiger partial charge in [0.2, 0.25) is 0 Å². The van der Waals surface area contributed by atoms with Crippen LogP contribution in [0.4, 0.5) is 0 Å². The standard InChI is InChI=1S/C16H25NO/c1-4-12(2)13-5-7-14(8-6-13)16(17-3)15-9-10-18-11-15/h5-8,12,15-17H,4,9-11H2,1-3H3. The van der Waals surface area contributed by atoms with Crippen molar-refractivity contribution in [2.45, 2.75) is 38.6 Å². The molecule has 2 rings (SSSR count). The number of rotatable bonds is 5. The first kappa shape index (κ1) is 13.6. The molecule has 1 heterocycles. The molecule has 1 N–H and O–H groups in total. The first-order chi connectivity index (χ1) is 8.76. The van der Waals surface area contributed by atoms with E-state index in [0.717, 1.165) is 13.2 Å². The van der Waals surface area contributed by atoms with Crippen LogP contribution in [0, 0.1) is 5.92 Å². The lowest BCUT2D eigenvalue weighted by molar-refractivity contribution is 0.178. The van der Waals surface area contributed by atoms with Gasteiger partial charge < -0.3 is 10.1 Å². The molecular formula is C16H25NO. The van der Waals surface area contributed by atoms with Crippen molar-refractivity contribution in [3.8, 4) is 0 Å². The van der Waals surface area contributed by atoms with Crippen molar-refractivity contribution in [1.82, 2.24) is 5.32 Å². The molecule has 1 aliphatic heterocycles. The number of hydrogen-bond acceptors (Lipinski definition) is 2. The molecule has 100 valence electrons. The number of ether oxygens (including phenoxy) is 1. The van der Waals surface area contributed by atoms with E-state index in [4.69, 9.17) is 4.74 Å². The average Bonchev–Trinajstić information content (AvgIpc) is 2.93. The zero-order chi connectivity index (χ0) is 13.0. The molecule has 0 aromatic heterocycles. The Morgan fingerprint density at radius 2 is 1.94 bits per heavy atom. The van der Waals surface area contributed by atoms with Crippen LogP contribution in [-0.2, 0) is 4.74 Å². The highest BCUT2D eigenvalue weighted by Gasteiger charge is 2.25. The van der Waals surface area contributed by atoms with E-state index in [1.165, 1.54) is 24.0 Å². The Morgan fingerprint density at radius 1 is 1.28 bits per heavy atom. The molecule has 2 nitrogen and oxygen atoms in total. The third-order valence-electron chi connectivity index (χ3n) is 4.22. The molecule has 1 fully saturated rings. The van der Waals surface area contributed by atoms with Gasteiger partial charge in [0.15, 0.2) is 0 Å². The van der Waals surface area contributed by atoms with Crippen LogP contribution in [0.25, 0.3) is 0 Å². The minimum Gasteiger partial charge on any atom is -0.381 e. The molecule has 1 saturated heterocycles. The lowest BCUT2D eigenvalue weighted by atomic mass is 9.90. The van der Waals surface area contributed by atoms with Gasteiger partial charge in [-0.05, 0) is 36.9 Å². The fraction of sp³-hybridized carbons (Fsp3) is 0.625. The van der Waals surface area contributed by atoms with Gasteiger partial charge in [-0.3, -0.25) is 0 Å².